The average Bonchev–Trinajstić information content (AvgIpc) is 2.22. The first-order valence-corrected chi connectivity index (χ1v) is 5.68. The molecule has 16 heavy (non-hydrogen) atoms. The van der Waals surface area contributed by atoms with E-state index in [0.29, 0.717) is 5.11 Å². The molecule has 0 spiro atoms. The van der Waals surface area contributed by atoms with Crippen molar-refractivity contribution in [1.29, 1.82) is 0 Å². The maximum absolute atomic E-state index is 4.99. The molecule has 0 aromatic heterocycles. The van der Waals surface area contributed by atoms with Crippen LogP contribution in [0.2, 0.25) is 0 Å². The summed E-state index contributed by atoms with van der Waals surface area (Å²) in [6.07, 6.45) is 1.78. The number of hydrazone groups is 1. The van der Waals surface area contributed by atoms with E-state index in [9.17, 15) is 0 Å². The van der Waals surface area contributed by atoms with E-state index in [4.69, 9.17) is 12.2 Å². The van der Waals surface area contributed by atoms with Crippen molar-refractivity contribution >= 4 is 23.5 Å². The third kappa shape index (κ3) is 3.98. The van der Waals surface area contributed by atoms with Gasteiger partial charge >= 0.3 is 0 Å². The monoisotopic (exact) mass is 235 g/mol. The van der Waals surface area contributed by atoms with Crippen LogP contribution in [0, 0.1) is 13.8 Å². The van der Waals surface area contributed by atoms with Crippen LogP contribution in [0.3, 0.4) is 0 Å². The topological polar surface area (TPSA) is 36.4 Å². The van der Waals surface area contributed by atoms with E-state index in [1.54, 1.807) is 6.21 Å². The molecule has 0 radical (unpaired) electrons. The second-order valence-electron chi connectivity index (χ2n) is 3.59. The van der Waals surface area contributed by atoms with Gasteiger partial charge in [0.05, 0.1) is 6.21 Å². The van der Waals surface area contributed by atoms with Crippen molar-refractivity contribution in [3.63, 3.8) is 0 Å². The number of hydrogen-bond donors (Lipinski definition) is 2. The van der Waals surface area contributed by atoms with E-state index >= 15 is 0 Å². The lowest BCUT2D eigenvalue weighted by atomic mass is 10.1. The van der Waals surface area contributed by atoms with E-state index in [2.05, 4.69) is 41.8 Å². The summed E-state index contributed by atoms with van der Waals surface area (Å²) in [7, 11) is 0. The molecule has 0 saturated carbocycles. The Hall–Kier alpha value is -1.42. The zero-order chi connectivity index (χ0) is 12.0. The summed E-state index contributed by atoms with van der Waals surface area (Å²) < 4.78 is 0. The van der Waals surface area contributed by atoms with Crippen LogP contribution in [-0.2, 0) is 0 Å². The molecule has 3 nitrogen and oxygen atoms in total. The van der Waals surface area contributed by atoms with Gasteiger partial charge in [0.2, 0.25) is 0 Å². The normalized spacial score (nSPS) is 10.4. The van der Waals surface area contributed by atoms with Crippen molar-refractivity contribution in [3.05, 3.63) is 34.9 Å². The number of hydrogen-bond acceptors (Lipinski definition) is 2. The first-order valence-electron chi connectivity index (χ1n) is 5.27. The minimum atomic E-state index is 0.545. The number of aryl methyl sites for hydroxylation is 2. The molecule has 0 unspecified atom stereocenters. The lowest BCUT2D eigenvalue weighted by Crippen LogP contribution is -2.31. The highest BCUT2D eigenvalue weighted by Gasteiger charge is 1.94. The van der Waals surface area contributed by atoms with Crippen LogP contribution in [-0.4, -0.2) is 17.9 Å². The van der Waals surface area contributed by atoms with E-state index < -0.39 is 0 Å². The molecule has 1 rings (SSSR count). The van der Waals surface area contributed by atoms with Gasteiger partial charge in [-0.25, -0.2) is 0 Å². The van der Waals surface area contributed by atoms with E-state index in [-0.39, 0.29) is 0 Å². The van der Waals surface area contributed by atoms with Gasteiger partial charge in [0.25, 0.3) is 0 Å². The fourth-order valence-electron chi connectivity index (χ4n) is 1.33. The quantitative estimate of drug-likeness (QED) is 0.479. The minimum Gasteiger partial charge on any atom is -0.362 e. The molecule has 0 amide bonds. The van der Waals surface area contributed by atoms with Crippen LogP contribution < -0.4 is 10.7 Å². The number of benzene rings is 1. The Morgan fingerprint density at radius 2 is 2.19 bits per heavy atom. The number of nitrogens with one attached hydrogen (secondary N) is 2. The molecule has 0 fully saturated rings. The molecule has 86 valence electrons. The largest absolute Gasteiger partial charge is 0.362 e. The third-order valence-electron chi connectivity index (χ3n) is 2.13. The second kappa shape index (κ2) is 6.23. The summed E-state index contributed by atoms with van der Waals surface area (Å²) in [6, 6.07) is 6.24. The minimum absolute atomic E-state index is 0.545. The Bertz CT molecular complexity index is 399. The molecule has 0 aliphatic rings. The van der Waals surface area contributed by atoms with Gasteiger partial charge in [-0.1, -0.05) is 23.8 Å². The van der Waals surface area contributed by atoms with Gasteiger partial charge in [-0.15, -0.1) is 0 Å². The van der Waals surface area contributed by atoms with Gasteiger partial charge in [0.1, 0.15) is 0 Å². The Morgan fingerprint density at radius 3 is 2.81 bits per heavy atom. The summed E-state index contributed by atoms with van der Waals surface area (Å²) in [4.78, 5) is 0. The molecule has 0 heterocycles. The lowest BCUT2D eigenvalue weighted by Gasteiger charge is -2.04. The van der Waals surface area contributed by atoms with Crippen molar-refractivity contribution in [3.8, 4) is 0 Å². The van der Waals surface area contributed by atoms with Gasteiger partial charge in [0, 0.05) is 6.54 Å². The van der Waals surface area contributed by atoms with Crippen LogP contribution in [0.5, 0.6) is 0 Å². The molecular formula is C12H17N3S. The highest BCUT2D eigenvalue weighted by molar-refractivity contribution is 7.80. The standard InChI is InChI=1S/C12H17N3S/c1-4-13-12(16)15-14-8-11-6-5-9(2)7-10(11)3/h5-8H,4H2,1-3H3,(H2,13,15,16). The highest BCUT2D eigenvalue weighted by atomic mass is 32.1. The van der Waals surface area contributed by atoms with Crippen LogP contribution >= 0.6 is 12.2 Å². The molecular weight excluding hydrogens is 218 g/mol. The molecule has 1 aromatic rings. The van der Waals surface area contributed by atoms with Crippen LogP contribution in [0.4, 0.5) is 0 Å². The molecule has 0 aliphatic carbocycles. The van der Waals surface area contributed by atoms with Gasteiger partial charge in [-0.3, -0.25) is 5.43 Å². The zero-order valence-corrected chi connectivity index (χ0v) is 10.7. The zero-order valence-electron chi connectivity index (χ0n) is 9.87. The van der Waals surface area contributed by atoms with Gasteiger partial charge in [0.15, 0.2) is 5.11 Å². The predicted molar refractivity (Wildman–Crippen MR) is 72.9 cm³/mol. The second-order valence-corrected chi connectivity index (χ2v) is 4.00. The number of rotatable bonds is 3. The Kier molecular flexibility index (Phi) is 4.92. The van der Waals surface area contributed by atoms with E-state index in [0.717, 1.165) is 12.1 Å². The van der Waals surface area contributed by atoms with Gasteiger partial charge in [-0.05, 0) is 44.1 Å². The first-order chi connectivity index (χ1) is 7.63. The molecule has 0 saturated heterocycles. The smallest absolute Gasteiger partial charge is 0.186 e. The molecule has 0 aliphatic heterocycles. The molecule has 0 bridgehead atoms. The molecule has 1 aromatic carbocycles. The van der Waals surface area contributed by atoms with Gasteiger partial charge in [-0.2, -0.15) is 5.10 Å². The summed E-state index contributed by atoms with van der Waals surface area (Å²) in [6.45, 7) is 6.93. The molecule has 4 heteroatoms. The van der Waals surface area contributed by atoms with Crippen molar-refractivity contribution in [1.82, 2.24) is 10.7 Å². The van der Waals surface area contributed by atoms with Crippen LogP contribution in [0.25, 0.3) is 0 Å². The molecule has 0 atom stereocenters. The maximum atomic E-state index is 4.99. The highest BCUT2D eigenvalue weighted by Crippen LogP contribution is 2.07. The fourth-order valence-corrected chi connectivity index (χ4v) is 1.53. The summed E-state index contributed by atoms with van der Waals surface area (Å²) in [5.74, 6) is 0. The Labute approximate surface area is 102 Å². The summed E-state index contributed by atoms with van der Waals surface area (Å²) in [5.41, 5.74) is 6.32. The molecule has 2 N–H and O–H groups in total. The first kappa shape index (κ1) is 12.6. The predicted octanol–water partition coefficient (Wildman–Crippen LogP) is 2.12. The van der Waals surface area contributed by atoms with Gasteiger partial charge < -0.3 is 5.32 Å². The van der Waals surface area contributed by atoms with Crippen molar-refractivity contribution in [2.75, 3.05) is 6.54 Å². The van der Waals surface area contributed by atoms with Crippen molar-refractivity contribution in [2.24, 2.45) is 5.10 Å². The number of nitrogens with zero attached hydrogens (tertiary/aromatic N) is 1. The SMILES string of the molecule is CCNC(=S)NN=Cc1ccc(C)cc1C. The Morgan fingerprint density at radius 1 is 1.44 bits per heavy atom. The van der Waals surface area contributed by atoms with Crippen LogP contribution in [0.15, 0.2) is 23.3 Å². The van der Waals surface area contributed by atoms with E-state index in [1.807, 2.05) is 13.0 Å². The Balaban J connectivity index is 2.59. The van der Waals surface area contributed by atoms with E-state index in [1.165, 1.54) is 11.1 Å². The maximum Gasteiger partial charge on any atom is 0.186 e. The third-order valence-corrected chi connectivity index (χ3v) is 2.37. The van der Waals surface area contributed by atoms with Crippen molar-refractivity contribution in [2.45, 2.75) is 20.8 Å². The van der Waals surface area contributed by atoms with Crippen LogP contribution in [0.1, 0.15) is 23.6 Å². The lowest BCUT2D eigenvalue weighted by molar-refractivity contribution is 0.904. The fraction of sp³-hybridized carbons (Fsp3) is 0.333. The summed E-state index contributed by atoms with van der Waals surface area (Å²) in [5, 5.41) is 7.58. The average molecular weight is 235 g/mol. The number of thiocarbonyl (C=S) groups is 1. The summed E-state index contributed by atoms with van der Waals surface area (Å²) >= 11 is 4.99. The van der Waals surface area contributed by atoms with Crippen molar-refractivity contribution < 1.29 is 0 Å².